The number of hydrogen-bond acceptors (Lipinski definition) is 2. The van der Waals surface area contributed by atoms with Crippen LogP contribution < -0.4 is 4.72 Å². The monoisotopic (exact) mass is 147 g/mol. The molecule has 1 unspecified atom stereocenters. The topological polar surface area (TPSA) is 46.2 Å². The molecule has 0 aromatic carbocycles. The molecule has 52 valence electrons. The van der Waals surface area contributed by atoms with E-state index in [2.05, 4.69) is 11.3 Å². The summed E-state index contributed by atoms with van der Waals surface area (Å²) < 4.78 is 23.7. The lowest BCUT2D eigenvalue weighted by molar-refractivity contribution is 0.591. The molecule has 1 aliphatic heterocycles. The molecule has 1 saturated heterocycles. The fourth-order valence-electron chi connectivity index (χ4n) is 0.797. The molecule has 0 saturated carbocycles. The van der Waals surface area contributed by atoms with Crippen molar-refractivity contribution in [1.29, 1.82) is 0 Å². The van der Waals surface area contributed by atoms with Crippen LogP contribution in [0.2, 0.25) is 0 Å². The van der Waals surface area contributed by atoms with Gasteiger partial charge in [-0.05, 0) is 6.42 Å². The van der Waals surface area contributed by atoms with Crippen LogP contribution in [0.25, 0.3) is 0 Å². The standard InChI is InChI=1S/C5H9NO2S/c1-2-5-3-4-9(7,8)6-5/h2,5-6H,1,3-4H2. The first-order valence-electron chi connectivity index (χ1n) is 2.76. The SMILES string of the molecule is C=CC1CCS(=O)(=O)N1. The van der Waals surface area contributed by atoms with E-state index in [1.165, 1.54) is 0 Å². The second kappa shape index (κ2) is 2.11. The van der Waals surface area contributed by atoms with Crippen molar-refractivity contribution in [3.8, 4) is 0 Å². The lowest BCUT2D eigenvalue weighted by Crippen LogP contribution is -2.23. The van der Waals surface area contributed by atoms with Crippen LogP contribution in [0.4, 0.5) is 0 Å². The van der Waals surface area contributed by atoms with Gasteiger partial charge >= 0.3 is 0 Å². The van der Waals surface area contributed by atoms with Gasteiger partial charge in [-0.25, -0.2) is 13.1 Å². The van der Waals surface area contributed by atoms with Crippen molar-refractivity contribution in [3.05, 3.63) is 12.7 Å². The Morgan fingerprint density at radius 3 is 2.56 bits per heavy atom. The van der Waals surface area contributed by atoms with Crippen molar-refractivity contribution in [3.63, 3.8) is 0 Å². The molecule has 0 aliphatic carbocycles. The van der Waals surface area contributed by atoms with Gasteiger partial charge in [0.05, 0.1) is 5.75 Å². The van der Waals surface area contributed by atoms with Gasteiger partial charge in [0.1, 0.15) is 0 Å². The normalized spacial score (nSPS) is 32.2. The minimum atomic E-state index is -2.93. The van der Waals surface area contributed by atoms with Crippen molar-refractivity contribution in [2.45, 2.75) is 12.5 Å². The van der Waals surface area contributed by atoms with Gasteiger partial charge in [-0.2, -0.15) is 0 Å². The molecule has 3 nitrogen and oxygen atoms in total. The molecule has 0 spiro atoms. The average molecular weight is 147 g/mol. The molecule has 0 bridgehead atoms. The van der Waals surface area contributed by atoms with Gasteiger partial charge in [-0.15, -0.1) is 6.58 Å². The Kier molecular flexibility index (Phi) is 1.59. The quantitative estimate of drug-likeness (QED) is 0.525. The average Bonchev–Trinajstić information content (AvgIpc) is 2.10. The summed E-state index contributed by atoms with van der Waals surface area (Å²) in [4.78, 5) is 0. The van der Waals surface area contributed by atoms with Crippen LogP contribution in [0.15, 0.2) is 12.7 Å². The van der Waals surface area contributed by atoms with Crippen molar-refractivity contribution >= 4 is 10.0 Å². The van der Waals surface area contributed by atoms with Gasteiger partial charge < -0.3 is 0 Å². The molecule has 1 atom stereocenters. The predicted octanol–water partition coefficient (Wildman–Crippen LogP) is -0.136. The van der Waals surface area contributed by atoms with E-state index in [4.69, 9.17) is 0 Å². The highest BCUT2D eigenvalue weighted by Crippen LogP contribution is 2.06. The van der Waals surface area contributed by atoms with Gasteiger partial charge in [0.25, 0.3) is 0 Å². The largest absolute Gasteiger partial charge is 0.212 e. The highest BCUT2D eigenvalue weighted by molar-refractivity contribution is 7.89. The van der Waals surface area contributed by atoms with Gasteiger partial charge in [-0.1, -0.05) is 6.08 Å². The van der Waals surface area contributed by atoms with Crippen molar-refractivity contribution < 1.29 is 8.42 Å². The molecule has 0 aromatic rings. The second-order valence-corrected chi connectivity index (χ2v) is 3.94. The number of nitrogens with one attached hydrogen (secondary N) is 1. The molecule has 1 fully saturated rings. The summed E-state index contributed by atoms with van der Waals surface area (Å²) in [6, 6.07) is -0.0324. The van der Waals surface area contributed by atoms with Gasteiger partial charge in [-0.3, -0.25) is 0 Å². The van der Waals surface area contributed by atoms with Crippen molar-refractivity contribution in [2.24, 2.45) is 0 Å². The predicted molar refractivity (Wildman–Crippen MR) is 35.5 cm³/mol. The molecular weight excluding hydrogens is 138 g/mol. The lowest BCUT2D eigenvalue weighted by atomic mass is 10.2. The summed E-state index contributed by atoms with van der Waals surface area (Å²) in [7, 11) is -2.93. The fourth-order valence-corrected chi connectivity index (χ4v) is 2.15. The first kappa shape index (κ1) is 6.77. The first-order valence-corrected chi connectivity index (χ1v) is 4.42. The highest BCUT2D eigenvalue weighted by Gasteiger charge is 2.23. The summed E-state index contributed by atoms with van der Waals surface area (Å²) in [5.41, 5.74) is 0. The molecule has 1 rings (SSSR count). The Labute approximate surface area is 54.8 Å². The van der Waals surface area contributed by atoms with Crippen LogP contribution in [-0.4, -0.2) is 20.2 Å². The minimum absolute atomic E-state index is 0.0324. The lowest BCUT2D eigenvalue weighted by Gasteiger charge is -1.97. The zero-order valence-corrected chi connectivity index (χ0v) is 5.82. The third-order valence-corrected chi connectivity index (χ3v) is 2.75. The Hall–Kier alpha value is -0.350. The Morgan fingerprint density at radius 2 is 2.33 bits per heavy atom. The van der Waals surface area contributed by atoms with Gasteiger partial charge in [0.15, 0.2) is 0 Å². The maximum atomic E-state index is 10.6. The third-order valence-electron chi connectivity index (χ3n) is 1.31. The maximum absolute atomic E-state index is 10.6. The van der Waals surface area contributed by atoms with E-state index in [-0.39, 0.29) is 11.8 Å². The van der Waals surface area contributed by atoms with Crippen LogP contribution in [0, 0.1) is 0 Å². The maximum Gasteiger partial charge on any atom is 0.212 e. The molecule has 0 aromatic heterocycles. The molecule has 9 heavy (non-hydrogen) atoms. The number of sulfonamides is 1. The summed E-state index contributed by atoms with van der Waals surface area (Å²) in [5, 5.41) is 0. The van der Waals surface area contributed by atoms with Gasteiger partial charge in [0, 0.05) is 6.04 Å². The van der Waals surface area contributed by atoms with E-state index in [9.17, 15) is 8.42 Å². The zero-order chi connectivity index (χ0) is 6.91. The Bertz CT molecular complexity index is 207. The first-order chi connectivity index (χ1) is 4.14. The molecule has 1 aliphatic rings. The smallest absolute Gasteiger partial charge is 0.212 e. The Morgan fingerprint density at radius 1 is 1.67 bits per heavy atom. The van der Waals surface area contributed by atoms with E-state index in [1.807, 2.05) is 0 Å². The summed E-state index contributed by atoms with van der Waals surface area (Å²) >= 11 is 0. The van der Waals surface area contributed by atoms with Crippen LogP contribution >= 0.6 is 0 Å². The third kappa shape index (κ3) is 1.53. The molecule has 0 radical (unpaired) electrons. The van der Waals surface area contributed by atoms with E-state index in [0.29, 0.717) is 6.42 Å². The molecule has 1 heterocycles. The number of hydrogen-bond donors (Lipinski definition) is 1. The number of rotatable bonds is 1. The fraction of sp³-hybridized carbons (Fsp3) is 0.600. The second-order valence-electron chi connectivity index (χ2n) is 2.07. The molecular formula is C5H9NO2S. The summed E-state index contributed by atoms with van der Waals surface area (Å²) in [5.74, 6) is 0.240. The molecule has 0 amide bonds. The molecule has 1 N–H and O–H groups in total. The van der Waals surface area contributed by atoms with Crippen LogP contribution in [-0.2, 0) is 10.0 Å². The van der Waals surface area contributed by atoms with E-state index in [1.54, 1.807) is 6.08 Å². The van der Waals surface area contributed by atoms with Crippen molar-refractivity contribution in [2.75, 3.05) is 5.75 Å². The molecule has 4 heteroatoms. The van der Waals surface area contributed by atoms with E-state index < -0.39 is 10.0 Å². The van der Waals surface area contributed by atoms with Crippen LogP contribution in [0.1, 0.15) is 6.42 Å². The summed E-state index contributed by atoms with van der Waals surface area (Å²) in [6.07, 6.45) is 2.27. The Balaban J connectivity index is 2.68. The van der Waals surface area contributed by atoms with Gasteiger partial charge in [0.2, 0.25) is 10.0 Å². The summed E-state index contributed by atoms with van der Waals surface area (Å²) in [6.45, 7) is 3.48. The van der Waals surface area contributed by atoms with E-state index in [0.717, 1.165) is 0 Å². The van der Waals surface area contributed by atoms with Crippen molar-refractivity contribution in [1.82, 2.24) is 4.72 Å². The highest BCUT2D eigenvalue weighted by atomic mass is 32.2. The van der Waals surface area contributed by atoms with E-state index >= 15 is 0 Å². The minimum Gasteiger partial charge on any atom is -0.212 e. The van der Waals surface area contributed by atoms with Crippen LogP contribution in [0.5, 0.6) is 0 Å². The van der Waals surface area contributed by atoms with Crippen LogP contribution in [0.3, 0.4) is 0 Å². The zero-order valence-electron chi connectivity index (χ0n) is 5.00.